The third-order valence-corrected chi connectivity index (χ3v) is 2.58. The Balaban J connectivity index is 3.16. The molecule has 0 saturated carbocycles. The van der Waals surface area contributed by atoms with Crippen molar-refractivity contribution >= 4 is 29.9 Å². The van der Waals surface area contributed by atoms with Crippen molar-refractivity contribution in [3.63, 3.8) is 0 Å². The van der Waals surface area contributed by atoms with E-state index < -0.39 is 5.97 Å². The van der Waals surface area contributed by atoms with Crippen LogP contribution in [0.15, 0.2) is 5.16 Å². The second-order valence-electron chi connectivity index (χ2n) is 2.60. The molecule has 0 aliphatic rings. The van der Waals surface area contributed by atoms with Gasteiger partial charge in [-0.1, -0.05) is 24.0 Å². The average Bonchev–Trinajstić information content (AvgIpc) is 2.21. The summed E-state index contributed by atoms with van der Waals surface area (Å²) in [5.41, 5.74) is 0.0900. The van der Waals surface area contributed by atoms with Crippen LogP contribution in [0.3, 0.4) is 0 Å². The lowest BCUT2D eigenvalue weighted by molar-refractivity contribution is 0.0514. The van der Waals surface area contributed by atoms with Crippen molar-refractivity contribution in [1.29, 1.82) is 0 Å². The predicted octanol–water partition coefficient (Wildman–Crippen LogP) is 1.44. The van der Waals surface area contributed by atoms with Gasteiger partial charge in [-0.2, -0.15) is 5.10 Å². The average molecular weight is 245 g/mol. The molecular weight excluding hydrogens is 234 g/mol. The van der Waals surface area contributed by atoms with E-state index in [1.54, 1.807) is 14.0 Å². The number of hydrogen-bond acceptors (Lipinski definition) is 6. The number of rotatable bonds is 3. The standard InChI is InChI=1S/C8H11N3O2S2/c1-4-13-7(12)5-6(14)9-8(15-3)11(2)10-5/h4H2,1-3H3. The molecule has 0 unspecified atom stereocenters. The van der Waals surface area contributed by atoms with Gasteiger partial charge in [0.15, 0.2) is 9.80 Å². The van der Waals surface area contributed by atoms with Gasteiger partial charge in [0.2, 0.25) is 5.69 Å². The van der Waals surface area contributed by atoms with E-state index in [1.807, 2.05) is 6.26 Å². The van der Waals surface area contributed by atoms with Crippen LogP contribution in [0.4, 0.5) is 0 Å². The van der Waals surface area contributed by atoms with E-state index in [2.05, 4.69) is 10.1 Å². The summed E-state index contributed by atoms with van der Waals surface area (Å²) in [6.07, 6.45) is 1.86. The molecular formula is C8H11N3O2S2. The number of carbonyl (C=O) groups is 1. The van der Waals surface area contributed by atoms with E-state index >= 15 is 0 Å². The van der Waals surface area contributed by atoms with Crippen LogP contribution in [0.1, 0.15) is 17.4 Å². The van der Waals surface area contributed by atoms with Crippen molar-refractivity contribution in [2.45, 2.75) is 12.1 Å². The molecule has 1 rings (SSSR count). The maximum atomic E-state index is 11.4. The largest absolute Gasteiger partial charge is 0.461 e. The Morgan fingerprint density at radius 3 is 2.87 bits per heavy atom. The molecule has 0 saturated heterocycles. The fraction of sp³-hybridized carbons (Fsp3) is 0.500. The zero-order chi connectivity index (χ0) is 11.4. The fourth-order valence-corrected chi connectivity index (χ4v) is 1.71. The highest BCUT2D eigenvalue weighted by molar-refractivity contribution is 7.98. The minimum atomic E-state index is -0.529. The third kappa shape index (κ3) is 2.75. The maximum Gasteiger partial charge on any atom is 0.361 e. The van der Waals surface area contributed by atoms with Gasteiger partial charge >= 0.3 is 5.97 Å². The molecule has 7 heteroatoms. The summed E-state index contributed by atoms with van der Waals surface area (Å²) < 4.78 is 6.49. The van der Waals surface area contributed by atoms with Gasteiger partial charge in [0.25, 0.3) is 0 Å². The molecule has 0 aliphatic heterocycles. The Morgan fingerprint density at radius 1 is 1.67 bits per heavy atom. The molecule has 0 atom stereocenters. The lowest BCUT2D eigenvalue weighted by Gasteiger charge is -2.06. The van der Waals surface area contributed by atoms with Gasteiger partial charge in [0.05, 0.1) is 6.61 Å². The molecule has 5 nitrogen and oxygen atoms in total. The fourth-order valence-electron chi connectivity index (χ4n) is 0.953. The van der Waals surface area contributed by atoms with Gasteiger partial charge in [0.1, 0.15) is 0 Å². The van der Waals surface area contributed by atoms with Crippen LogP contribution in [0, 0.1) is 4.64 Å². The molecule has 0 spiro atoms. The molecule has 1 aromatic heterocycles. The molecule has 1 heterocycles. The van der Waals surface area contributed by atoms with Crippen molar-refractivity contribution in [1.82, 2.24) is 14.8 Å². The first-order valence-electron chi connectivity index (χ1n) is 4.26. The van der Waals surface area contributed by atoms with Crippen molar-refractivity contribution in [3.8, 4) is 0 Å². The van der Waals surface area contributed by atoms with Gasteiger partial charge in [-0.3, -0.25) is 0 Å². The monoisotopic (exact) mass is 245 g/mol. The van der Waals surface area contributed by atoms with Crippen molar-refractivity contribution in [2.75, 3.05) is 12.9 Å². The molecule has 0 radical (unpaired) electrons. The molecule has 0 bridgehead atoms. The summed E-state index contributed by atoms with van der Waals surface area (Å²) in [7, 11) is 1.70. The van der Waals surface area contributed by atoms with Gasteiger partial charge in [-0.25, -0.2) is 14.5 Å². The van der Waals surface area contributed by atoms with Gasteiger partial charge in [-0.05, 0) is 13.2 Å². The lowest BCUT2D eigenvalue weighted by Crippen LogP contribution is -2.15. The summed E-state index contributed by atoms with van der Waals surface area (Å²) in [5.74, 6) is -0.529. The van der Waals surface area contributed by atoms with Crippen LogP contribution >= 0.6 is 24.0 Å². The van der Waals surface area contributed by atoms with E-state index in [0.29, 0.717) is 11.8 Å². The Kier molecular flexibility index (Phi) is 4.22. The molecule has 0 aromatic carbocycles. The zero-order valence-corrected chi connectivity index (χ0v) is 10.3. The minimum Gasteiger partial charge on any atom is -0.461 e. The Hall–Kier alpha value is -0.950. The molecule has 15 heavy (non-hydrogen) atoms. The predicted molar refractivity (Wildman–Crippen MR) is 59.6 cm³/mol. The second kappa shape index (κ2) is 5.22. The van der Waals surface area contributed by atoms with E-state index in [1.165, 1.54) is 16.4 Å². The van der Waals surface area contributed by atoms with E-state index in [0.717, 1.165) is 0 Å². The van der Waals surface area contributed by atoms with Crippen LogP contribution in [0.5, 0.6) is 0 Å². The van der Waals surface area contributed by atoms with Crippen molar-refractivity contribution in [3.05, 3.63) is 10.3 Å². The van der Waals surface area contributed by atoms with Gasteiger partial charge in [-0.15, -0.1) is 0 Å². The number of nitrogens with zero attached hydrogens (tertiary/aromatic N) is 3. The first kappa shape index (κ1) is 12.1. The summed E-state index contributed by atoms with van der Waals surface area (Å²) in [6, 6.07) is 0. The van der Waals surface area contributed by atoms with Crippen LogP contribution in [-0.4, -0.2) is 33.6 Å². The van der Waals surface area contributed by atoms with E-state index in [-0.39, 0.29) is 10.3 Å². The van der Waals surface area contributed by atoms with Crippen LogP contribution < -0.4 is 0 Å². The topological polar surface area (TPSA) is 57.0 Å². The summed E-state index contributed by atoms with van der Waals surface area (Å²) in [4.78, 5) is 15.5. The summed E-state index contributed by atoms with van der Waals surface area (Å²) >= 11 is 6.37. The number of carbonyl (C=O) groups excluding carboxylic acids is 1. The van der Waals surface area contributed by atoms with Gasteiger partial charge < -0.3 is 4.74 Å². The SMILES string of the molecule is CCOC(=O)c1nn(C)c(SC)nc1=S. The van der Waals surface area contributed by atoms with E-state index in [9.17, 15) is 4.79 Å². The van der Waals surface area contributed by atoms with Gasteiger partial charge in [0, 0.05) is 7.05 Å². The molecule has 1 aromatic rings. The number of hydrogen-bond donors (Lipinski definition) is 0. The van der Waals surface area contributed by atoms with Crippen LogP contribution in [-0.2, 0) is 11.8 Å². The number of ether oxygens (including phenoxy) is 1. The molecule has 0 N–H and O–H groups in total. The number of esters is 1. The lowest BCUT2D eigenvalue weighted by atomic mass is 10.5. The Bertz CT molecular complexity index is 430. The maximum absolute atomic E-state index is 11.4. The number of aromatic nitrogens is 3. The van der Waals surface area contributed by atoms with Crippen LogP contribution in [0.2, 0.25) is 0 Å². The molecule has 82 valence electrons. The highest BCUT2D eigenvalue weighted by Crippen LogP contribution is 2.10. The Morgan fingerprint density at radius 2 is 2.33 bits per heavy atom. The van der Waals surface area contributed by atoms with Crippen molar-refractivity contribution < 1.29 is 9.53 Å². The normalized spacial score (nSPS) is 10.1. The first-order valence-corrected chi connectivity index (χ1v) is 5.90. The quantitative estimate of drug-likeness (QED) is 0.456. The highest BCUT2D eigenvalue weighted by Gasteiger charge is 2.13. The molecule has 0 fully saturated rings. The Labute approximate surface area is 96.9 Å². The number of aryl methyl sites for hydroxylation is 1. The second-order valence-corrected chi connectivity index (χ2v) is 3.76. The molecule has 0 amide bonds. The first-order chi connectivity index (χ1) is 7.10. The summed E-state index contributed by atoms with van der Waals surface area (Å²) in [6.45, 7) is 2.02. The third-order valence-electron chi connectivity index (χ3n) is 1.58. The van der Waals surface area contributed by atoms with Crippen LogP contribution in [0.25, 0.3) is 0 Å². The molecule has 0 aliphatic carbocycles. The minimum absolute atomic E-state index is 0.0900. The van der Waals surface area contributed by atoms with E-state index in [4.69, 9.17) is 17.0 Å². The van der Waals surface area contributed by atoms with Crippen molar-refractivity contribution in [2.24, 2.45) is 7.05 Å². The zero-order valence-electron chi connectivity index (χ0n) is 8.68. The smallest absolute Gasteiger partial charge is 0.361 e. The number of thioether (sulfide) groups is 1. The summed E-state index contributed by atoms with van der Waals surface area (Å²) in [5, 5.41) is 4.68. The highest BCUT2D eigenvalue weighted by atomic mass is 32.2.